The molecule has 1 aliphatic rings. The van der Waals surface area contributed by atoms with E-state index in [9.17, 15) is 0 Å². The van der Waals surface area contributed by atoms with Gasteiger partial charge in [-0.1, -0.05) is 18.2 Å². The van der Waals surface area contributed by atoms with Crippen molar-refractivity contribution < 1.29 is 9.47 Å². The van der Waals surface area contributed by atoms with Crippen LogP contribution in [-0.4, -0.2) is 45.4 Å². The molecule has 0 aliphatic heterocycles. The molecular formula is C15H23N3O2. The lowest BCUT2D eigenvalue weighted by atomic mass is 10.3. The number of nitrogens with one attached hydrogen (secondary N) is 2. The largest absolute Gasteiger partial charge is 0.492 e. The first-order valence-electron chi connectivity index (χ1n) is 7.10. The Balaban J connectivity index is 1.66. The maximum atomic E-state index is 5.63. The molecule has 5 nitrogen and oxygen atoms in total. The number of benzene rings is 1. The standard InChI is InChI=1S/C15H23N3O2/c1-19-11-9-16-15(18-13-7-8-13)17-10-12-20-14-5-3-2-4-6-14/h2-6,13H,7-12H2,1H3,(H2,16,17,18). The number of methoxy groups -OCH3 is 1. The zero-order valence-corrected chi connectivity index (χ0v) is 12.0. The van der Waals surface area contributed by atoms with Crippen LogP contribution in [0.2, 0.25) is 0 Å². The van der Waals surface area contributed by atoms with Crippen molar-refractivity contribution in [3.63, 3.8) is 0 Å². The first kappa shape index (κ1) is 14.7. The van der Waals surface area contributed by atoms with Gasteiger partial charge in [0.25, 0.3) is 0 Å². The minimum absolute atomic E-state index is 0.582. The van der Waals surface area contributed by atoms with Crippen LogP contribution < -0.4 is 15.4 Å². The monoisotopic (exact) mass is 277 g/mol. The average molecular weight is 277 g/mol. The second kappa shape index (κ2) is 8.43. The number of rotatable bonds is 8. The molecule has 0 saturated heterocycles. The van der Waals surface area contributed by atoms with Crippen LogP contribution in [0.5, 0.6) is 5.75 Å². The highest BCUT2D eigenvalue weighted by molar-refractivity contribution is 5.80. The van der Waals surface area contributed by atoms with Gasteiger partial charge in [-0.15, -0.1) is 0 Å². The van der Waals surface area contributed by atoms with Crippen molar-refractivity contribution in [1.82, 2.24) is 10.6 Å². The number of hydrogen-bond donors (Lipinski definition) is 2. The van der Waals surface area contributed by atoms with E-state index in [1.54, 1.807) is 7.11 Å². The highest BCUT2D eigenvalue weighted by Gasteiger charge is 2.22. The number of hydrogen-bond acceptors (Lipinski definition) is 3. The van der Waals surface area contributed by atoms with Crippen LogP contribution in [0.25, 0.3) is 0 Å². The minimum Gasteiger partial charge on any atom is -0.492 e. The van der Waals surface area contributed by atoms with Crippen molar-refractivity contribution in [2.75, 3.05) is 33.4 Å². The summed E-state index contributed by atoms with van der Waals surface area (Å²) in [5.74, 6) is 1.74. The maximum absolute atomic E-state index is 5.63. The Labute approximate surface area is 120 Å². The lowest BCUT2D eigenvalue weighted by molar-refractivity contribution is 0.208. The molecule has 1 aromatic rings. The van der Waals surface area contributed by atoms with E-state index in [1.165, 1.54) is 12.8 Å². The van der Waals surface area contributed by atoms with E-state index in [0.29, 0.717) is 25.8 Å². The van der Waals surface area contributed by atoms with Crippen molar-refractivity contribution in [2.45, 2.75) is 18.9 Å². The summed E-state index contributed by atoms with van der Waals surface area (Å²) in [6.07, 6.45) is 2.46. The van der Waals surface area contributed by atoms with Gasteiger partial charge in [-0.25, -0.2) is 0 Å². The Morgan fingerprint density at radius 1 is 1.25 bits per heavy atom. The first-order chi connectivity index (χ1) is 9.88. The van der Waals surface area contributed by atoms with Crippen LogP contribution in [0.15, 0.2) is 35.3 Å². The molecule has 0 atom stereocenters. The van der Waals surface area contributed by atoms with E-state index in [1.807, 2.05) is 30.3 Å². The zero-order chi connectivity index (χ0) is 14.0. The van der Waals surface area contributed by atoms with E-state index >= 15 is 0 Å². The van der Waals surface area contributed by atoms with Crippen molar-refractivity contribution in [3.05, 3.63) is 30.3 Å². The molecule has 0 radical (unpaired) electrons. The van der Waals surface area contributed by atoms with Crippen molar-refractivity contribution in [3.8, 4) is 5.75 Å². The predicted molar refractivity (Wildman–Crippen MR) is 80.3 cm³/mol. The molecule has 2 rings (SSSR count). The molecule has 1 fully saturated rings. The third kappa shape index (κ3) is 5.93. The number of aliphatic imine (C=N–C) groups is 1. The molecule has 1 saturated carbocycles. The fourth-order valence-electron chi connectivity index (χ4n) is 1.68. The van der Waals surface area contributed by atoms with Gasteiger partial charge in [0.1, 0.15) is 12.4 Å². The van der Waals surface area contributed by atoms with Crippen LogP contribution >= 0.6 is 0 Å². The highest BCUT2D eigenvalue weighted by atomic mass is 16.5. The topological polar surface area (TPSA) is 54.9 Å². The Bertz CT molecular complexity index is 405. The van der Waals surface area contributed by atoms with Gasteiger partial charge in [-0.05, 0) is 25.0 Å². The Kier molecular flexibility index (Phi) is 6.17. The zero-order valence-electron chi connectivity index (χ0n) is 12.0. The van der Waals surface area contributed by atoms with E-state index in [4.69, 9.17) is 9.47 Å². The summed E-state index contributed by atoms with van der Waals surface area (Å²) < 4.78 is 10.6. The third-order valence-corrected chi connectivity index (χ3v) is 2.89. The number of nitrogens with zero attached hydrogens (tertiary/aromatic N) is 1. The molecule has 0 unspecified atom stereocenters. The summed E-state index contributed by atoms with van der Waals surface area (Å²) in [7, 11) is 1.69. The van der Waals surface area contributed by atoms with Crippen LogP contribution in [0.3, 0.4) is 0 Å². The number of guanidine groups is 1. The summed E-state index contributed by atoms with van der Waals surface area (Å²) in [6, 6.07) is 10.4. The fourth-order valence-corrected chi connectivity index (χ4v) is 1.68. The van der Waals surface area contributed by atoms with Gasteiger partial charge in [-0.2, -0.15) is 0 Å². The molecule has 20 heavy (non-hydrogen) atoms. The van der Waals surface area contributed by atoms with E-state index in [0.717, 1.165) is 18.3 Å². The summed E-state index contributed by atoms with van der Waals surface area (Å²) in [4.78, 5) is 4.45. The van der Waals surface area contributed by atoms with Crippen LogP contribution in [0.1, 0.15) is 12.8 Å². The van der Waals surface area contributed by atoms with Gasteiger partial charge < -0.3 is 20.1 Å². The van der Waals surface area contributed by atoms with Crippen LogP contribution in [-0.2, 0) is 4.74 Å². The Hall–Kier alpha value is -1.75. The molecular weight excluding hydrogens is 254 g/mol. The van der Waals surface area contributed by atoms with Crippen molar-refractivity contribution >= 4 is 5.96 Å². The summed E-state index contributed by atoms with van der Waals surface area (Å²) in [6.45, 7) is 2.64. The first-order valence-corrected chi connectivity index (χ1v) is 7.10. The predicted octanol–water partition coefficient (Wildman–Crippen LogP) is 1.41. The highest BCUT2D eigenvalue weighted by Crippen LogP contribution is 2.18. The van der Waals surface area contributed by atoms with Gasteiger partial charge in [0.05, 0.1) is 19.7 Å². The molecule has 0 amide bonds. The Morgan fingerprint density at radius 2 is 2.05 bits per heavy atom. The molecule has 1 aliphatic carbocycles. The SMILES string of the molecule is COCCN=C(NCCOc1ccccc1)NC1CC1. The molecule has 0 bridgehead atoms. The minimum atomic E-state index is 0.582. The molecule has 0 heterocycles. The second-order valence-electron chi connectivity index (χ2n) is 4.73. The summed E-state index contributed by atoms with van der Waals surface area (Å²) >= 11 is 0. The van der Waals surface area contributed by atoms with Crippen molar-refractivity contribution in [2.24, 2.45) is 4.99 Å². The number of ether oxygens (including phenoxy) is 2. The normalized spacial score (nSPS) is 14.9. The van der Waals surface area contributed by atoms with E-state index in [2.05, 4.69) is 15.6 Å². The fraction of sp³-hybridized carbons (Fsp3) is 0.533. The summed E-state index contributed by atoms with van der Waals surface area (Å²) in [5, 5.41) is 6.65. The second-order valence-corrected chi connectivity index (χ2v) is 4.73. The molecule has 1 aromatic carbocycles. The number of para-hydroxylation sites is 1. The third-order valence-electron chi connectivity index (χ3n) is 2.89. The lowest BCUT2D eigenvalue weighted by Crippen LogP contribution is -2.40. The Morgan fingerprint density at radius 3 is 2.75 bits per heavy atom. The molecule has 5 heteroatoms. The quantitative estimate of drug-likeness (QED) is 0.428. The molecule has 0 spiro atoms. The van der Waals surface area contributed by atoms with Crippen LogP contribution in [0.4, 0.5) is 0 Å². The van der Waals surface area contributed by atoms with E-state index in [-0.39, 0.29) is 0 Å². The molecule has 2 N–H and O–H groups in total. The van der Waals surface area contributed by atoms with Crippen molar-refractivity contribution in [1.29, 1.82) is 0 Å². The summed E-state index contributed by atoms with van der Waals surface area (Å²) in [5.41, 5.74) is 0. The molecule has 110 valence electrons. The average Bonchev–Trinajstić information content (AvgIpc) is 3.28. The van der Waals surface area contributed by atoms with Gasteiger partial charge in [0, 0.05) is 13.2 Å². The van der Waals surface area contributed by atoms with E-state index < -0.39 is 0 Å². The van der Waals surface area contributed by atoms with Gasteiger partial charge >= 0.3 is 0 Å². The van der Waals surface area contributed by atoms with Crippen LogP contribution in [0, 0.1) is 0 Å². The smallest absolute Gasteiger partial charge is 0.191 e. The lowest BCUT2D eigenvalue weighted by Gasteiger charge is -2.12. The van der Waals surface area contributed by atoms with Gasteiger partial charge in [0.15, 0.2) is 5.96 Å². The van der Waals surface area contributed by atoms with Gasteiger partial charge in [0.2, 0.25) is 0 Å². The van der Waals surface area contributed by atoms with Gasteiger partial charge in [-0.3, -0.25) is 4.99 Å². The maximum Gasteiger partial charge on any atom is 0.191 e. The molecule has 0 aromatic heterocycles.